The van der Waals surface area contributed by atoms with Crippen molar-refractivity contribution < 1.29 is 4.79 Å². The Bertz CT molecular complexity index is 891. The fourth-order valence-electron chi connectivity index (χ4n) is 4.45. The topological polar surface area (TPSA) is 64.9 Å². The summed E-state index contributed by atoms with van der Waals surface area (Å²) in [4.78, 5) is 12.5. The van der Waals surface area contributed by atoms with E-state index in [0.29, 0.717) is 12.8 Å². The van der Waals surface area contributed by atoms with Crippen molar-refractivity contribution >= 4 is 5.78 Å². The molecule has 0 spiro atoms. The predicted octanol–water partition coefficient (Wildman–Crippen LogP) is 3.78. The molecule has 4 rings (SSSR count). The zero-order chi connectivity index (χ0) is 20.1. The lowest BCUT2D eigenvalue weighted by molar-refractivity contribution is -0.122. The first kappa shape index (κ1) is 19.8. The molecule has 2 aliphatic rings. The first-order valence-electron chi connectivity index (χ1n) is 10.8. The van der Waals surface area contributed by atoms with Crippen LogP contribution in [0.15, 0.2) is 42.5 Å². The molecule has 0 unspecified atom stereocenters. The molecule has 2 N–H and O–H groups in total. The molecule has 29 heavy (non-hydrogen) atoms. The lowest BCUT2D eigenvalue weighted by Gasteiger charge is -2.23. The molecule has 2 aliphatic heterocycles. The molecule has 1 saturated heterocycles. The average molecular weight is 388 g/mol. The van der Waals surface area contributed by atoms with Gasteiger partial charge in [-0.05, 0) is 66.6 Å². The van der Waals surface area contributed by atoms with Gasteiger partial charge in [0.25, 0.3) is 0 Å². The van der Waals surface area contributed by atoms with Crippen LogP contribution in [0.2, 0.25) is 0 Å². The number of piperidine rings is 1. The van der Waals surface area contributed by atoms with Crippen molar-refractivity contribution in [2.75, 3.05) is 13.1 Å². The molecule has 0 amide bonds. The quantitative estimate of drug-likeness (QED) is 0.792. The number of hydrogen-bond acceptors (Lipinski definition) is 4. The Hall–Kier alpha value is -2.48. The second-order valence-electron chi connectivity index (χ2n) is 8.31. The third kappa shape index (κ3) is 4.93. The van der Waals surface area contributed by atoms with Crippen LogP contribution in [0.25, 0.3) is 11.1 Å². The number of benzene rings is 2. The summed E-state index contributed by atoms with van der Waals surface area (Å²) in [6.45, 7) is 2.91. The van der Waals surface area contributed by atoms with Gasteiger partial charge in [-0.3, -0.25) is 4.79 Å². The number of rotatable bonds is 6. The van der Waals surface area contributed by atoms with Crippen molar-refractivity contribution in [3.05, 3.63) is 59.2 Å². The SMILES string of the molecule is N#C[C@@H](CC(=O)[C@@H]1CCCCN1)Cc1ccc(-c2ccc3c(c2)CCNC3)cc1. The van der Waals surface area contributed by atoms with Crippen molar-refractivity contribution in [2.24, 2.45) is 5.92 Å². The first-order valence-corrected chi connectivity index (χ1v) is 10.8. The maximum absolute atomic E-state index is 12.5. The van der Waals surface area contributed by atoms with E-state index >= 15 is 0 Å². The molecule has 0 bridgehead atoms. The van der Waals surface area contributed by atoms with Gasteiger partial charge in [-0.1, -0.05) is 48.9 Å². The standard InChI is InChI=1S/C25H29N3O/c26-16-19(14-25(29)24-3-1-2-11-28-24)13-18-4-6-20(7-5-18)21-8-9-23-17-27-12-10-22(23)15-21/h4-9,15,19,24,27-28H,1-3,10-14,17H2/t19-,24+/m1/s1. The van der Waals surface area contributed by atoms with Gasteiger partial charge in [-0.2, -0.15) is 5.26 Å². The summed E-state index contributed by atoms with van der Waals surface area (Å²) in [5.41, 5.74) is 6.39. The number of Topliss-reactive ketones (excluding diaryl/α,β-unsaturated/α-hetero) is 1. The molecule has 0 saturated carbocycles. The Morgan fingerprint density at radius 3 is 2.66 bits per heavy atom. The van der Waals surface area contributed by atoms with E-state index in [1.54, 1.807) is 0 Å². The fraction of sp³-hybridized carbons (Fsp3) is 0.440. The Morgan fingerprint density at radius 2 is 1.90 bits per heavy atom. The molecule has 150 valence electrons. The van der Waals surface area contributed by atoms with Crippen molar-refractivity contribution in [1.29, 1.82) is 5.26 Å². The lowest BCUT2D eigenvalue weighted by Crippen LogP contribution is -2.41. The number of carbonyl (C=O) groups excluding carboxylic acids is 1. The van der Waals surface area contributed by atoms with Crippen molar-refractivity contribution in [3.8, 4) is 17.2 Å². The largest absolute Gasteiger partial charge is 0.312 e. The highest BCUT2D eigenvalue weighted by molar-refractivity contribution is 5.84. The molecular weight excluding hydrogens is 358 g/mol. The number of ketones is 1. The van der Waals surface area contributed by atoms with Crippen LogP contribution in [0.3, 0.4) is 0 Å². The number of nitrogens with zero attached hydrogens (tertiary/aromatic N) is 1. The Labute approximate surface area is 173 Å². The molecule has 2 atom stereocenters. The number of fused-ring (bicyclic) bond motifs is 1. The van der Waals surface area contributed by atoms with E-state index < -0.39 is 0 Å². The molecule has 4 nitrogen and oxygen atoms in total. The number of nitriles is 1. The Balaban J connectivity index is 1.39. The predicted molar refractivity (Wildman–Crippen MR) is 115 cm³/mol. The summed E-state index contributed by atoms with van der Waals surface area (Å²) in [5.74, 6) is -0.0651. The highest BCUT2D eigenvalue weighted by Gasteiger charge is 2.23. The first-order chi connectivity index (χ1) is 14.2. The lowest BCUT2D eigenvalue weighted by atomic mass is 9.90. The normalized spacial score (nSPS) is 19.8. The van der Waals surface area contributed by atoms with E-state index in [4.69, 9.17) is 0 Å². The summed E-state index contributed by atoms with van der Waals surface area (Å²) in [5, 5.41) is 16.3. The zero-order valence-corrected chi connectivity index (χ0v) is 16.9. The third-order valence-corrected chi connectivity index (χ3v) is 6.19. The van der Waals surface area contributed by atoms with E-state index in [1.807, 2.05) is 0 Å². The van der Waals surface area contributed by atoms with E-state index in [-0.39, 0.29) is 17.7 Å². The second kappa shape index (κ2) is 9.35. The van der Waals surface area contributed by atoms with E-state index in [9.17, 15) is 10.1 Å². The minimum Gasteiger partial charge on any atom is -0.312 e. The van der Waals surface area contributed by atoms with E-state index in [2.05, 4.69) is 59.2 Å². The second-order valence-corrected chi connectivity index (χ2v) is 8.31. The number of hydrogen-bond donors (Lipinski definition) is 2. The molecule has 2 aromatic rings. The molecule has 4 heteroatoms. The van der Waals surface area contributed by atoms with E-state index in [1.165, 1.54) is 22.3 Å². The number of nitrogens with one attached hydrogen (secondary N) is 2. The van der Waals surface area contributed by atoms with Crippen LogP contribution >= 0.6 is 0 Å². The summed E-state index contributed by atoms with van der Waals surface area (Å²) in [7, 11) is 0. The maximum Gasteiger partial charge on any atom is 0.151 e. The Kier molecular flexibility index (Phi) is 6.39. The van der Waals surface area contributed by atoms with Crippen LogP contribution < -0.4 is 10.6 Å². The van der Waals surface area contributed by atoms with Crippen LogP contribution in [0.5, 0.6) is 0 Å². The number of carbonyl (C=O) groups is 1. The van der Waals surface area contributed by atoms with Gasteiger partial charge in [0, 0.05) is 13.0 Å². The van der Waals surface area contributed by atoms with Crippen LogP contribution in [0, 0.1) is 17.2 Å². The van der Waals surface area contributed by atoms with Gasteiger partial charge in [-0.25, -0.2) is 0 Å². The van der Waals surface area contributed by atoms with Crippen molar-refractivity contribution in [1.82, 2.24) is 10.6 Å². The molecule has 2 heterocycles. The summed E-state index contributed by atoms with van der Waals surface area (Å²) in [6.07, 6.45) is 5.19. The molecule has 1 fully saturated rings. The summed E-state index contributed by atoms with van der Waals surface area (Å²) < 4.78 is 0. The van der Waals surface area contributed by atoms with Crippen molar-refractivity contribution in [3.63, 3.8) is 0 Å². The van der Waals surface area contributed by atoms with Gasteiger partial charge in [-0.15, -0.1) is 0 Å². The van der Waals surface area contributed by atoms with Crippen LogP contribution in [0.1, 0.15) is 42.4 Å². The molecule has 0 aliphatic carbocycles. The van der Waals surface area contributed by atoms with Gasteiger partial charge in [0.2, 0.25) is 0 Å². The minimum absolute atomic E-state index is 0.0545. The van der Waals surface area contributed by atoms with Gasteiger partial charge in [0.05, 0.1) is 18.0 Å². The minimum atomic E-state index is -0.256. The smallest absolute Gasteiger partial charge is 0.151 e. The van der Waals surface area contributed by atoms with Crippen LogP contribution in [-0.4, -0.2) is 24.9 Å². The molecule has 0 aromatic heterocycles. The maximum atomic E-state index is 12.5. The zero-order valence-electron chi connectivity index (χ0n) is 16.9. The van der Waals surface area contributed by atoms with Crippen molar-refractivity contribution in [2.45, 2.75) is 51.1 Å². The molecular formula is C25H29N3O. The van der Waals surface area contributed by atoms with E-state index in [0.717, 1.165) is 50.9 Å². The summed E-state index contributed by atoms with van der Waals surface area (Å²) >= 11 is 0. The molecule has 2 aromatic carbocycles. The van der Waals surface area contributed by atoms with Gasteiger partial charge in [0.1, 0.15) is 0 Å². The molecule has 0 radical (unpaired) electrons. The van der Waals surface area contributed by atoms with Gasteiger partial charge in [0.15, 0.2) is 5.78 Å². The fourth-order valence-corrected chi connectivity index (χ4v) is 4.45. The van der Waals surface area contributed by atoms with Gasteiger partial charge >= 0.3 is 0 Å². The van der Waals surface area contributed by atoms with Crippen LogP contribution in [-0.2, 0) is 24.2 Å². The average Bonchev–Trinajstić information content (AvgIpc) is 2.79. The van der Waals surface area contributed by atoms with Gasteiger partial charge < -0.3 is 10.6 Å². The Morgan fingerprint density at radius 1 is 1.07 bits per heavy atom. The highest BCUT2D eigenvalue weighted by atomic mass is 16.1. The van der Waals surface area contributed by atoms with Crippen LogP contribution in [0.4, 0.5) is 0 Å². The monoisotopic (exact) mass is 387 g/mol. The third-order valence-electron chi connectivity index (χ3n) is 6.19. The summed E-state index contributed by atoms with van der Waals surface area (Å²) in [6, 6.07) is 17.5. The highest BCUT2D eigenvalue weighted by Crippen LogP contribution is 2.25.